The molecule has 0 unspecified atom stereocenters. The van der Waals surface area contributed by atoms with E-state index in [2.05, 4.69) is 36.6 Å². The molecular formula is C17H20N2OS. The minimum absolute atomic E-state index is 0.575. The Kier molecular flexibility index (Phi) is 4.81. The average molecular weight is 300 g/mol. The van der Waals surface area contributed by atoms with E-state index in [0.29, 0.717) is 5.11 Å². The third-order valence-electron chi connectivity index (χ3n) is 3.45. The van der Waals surface area contributed by atoms with Crippen molar-refractivity contribution in [2.75, 3.05) is 17.7 Å². The Hall–Kier alpha value is -2.07. The number of hydrogen-bond donors (Lipinski definition) is 2. The summed E-state index contributed by atoms with van der Waals surface area (Å²) in [6, 6.07) is 12.0. The zero-order chi connectivity index (χ0) is 15.4. The first-order valence-electron chi connectivity index (χ1n) is 6.79. The van der Waals surface area contributed by atoms with Crippen LogP contribution in [0.25, 0.3) is 0 Å². The quantitative estimate of drug-likeness (QED) is 0.822. The summed E-state index contributed by atoms with van der Waals surface area (Å²) in [7, 11) is 1.66. The van der Waals surface area contributed by atoms with Crippen molar-refractivity contribution < 1.29 is 4.74 Å². The van der Waals surface area contributed by atoms with Crippen LogP contribution in [0, 0.1) is 20.8 Å². The maximum Gasteiger partial charge on any atom is 0.175 e. The molecule has 110 valence electrons. The molecule has 0 fully saturated rings. The summed E-state index contributed by atoms with van der Waals surface area (Å²) < 4.78 is 5.20. The molecule has 2 aromatic rings. The van der Waals surface area contributed by atoms with Gasteiger partial charge in [-0.15, -0.1) is 0 Å². The summed E-state index contributed by atoms with van der Waals surface area (Å²) in [6.07, 6.45) is 0. The zero-order valence-corrected chi connectivity index (χ0v) is 13.6. The predicted molar refractivity (Wildman–Crippen MR) is 93.5 cm³/mol. The highest BCUT2D eigenvalue weighted by Gasteiger charge is 2.04. The van der Waals surface area contributed by atoms with Crippen molar-refractivity contribution >= 4 is 28.7 Å². The van der Waals surface area contributed by atoms with E-state index in [4.69, 9.17) is 17.0 Å². The number of benzene rings is 2. The van der Waals surface area contributed by atoms with E-state index in [0.717, 1.165) is 22.7 Å². The standard InChI is InChI=1S/C17H20N2OS/c1-11-5-6-14(9-12(11)2)18-17(21)19-16-8-7-15(20-4)10-13(16)3/h5-10H,1-4H3,(H2,18,19,21). The summed E-state index contributed by atoms with van der Waals surface area (Å²) >= 11 is 5.36. The Labute approximate surface area is 131 Å². The number of aryl methyl sites for hydroxylation is 3. The van der Waals surface area contributed by atoms with Crippen molar-refractivity contribution in [3.05, 3.63) is 53.1 Å². The lowest BCUT2D eigenvalue weighted by Crippen LogP contribution is -2.19. The van der Waals surface area contributed by atoms with Gasteiger partial charge in [-0.05, 0) is 80.0 Å². The van der Waals surface area contributed by atoms with Gasteiger partial charge in [-0.25, -0.2) is 0 Å². The van der Waals surface area contributed by atoms with Gasteiger partial charge in [-0.3, -0.25) is 0 Å². The lowest BCUT2D eigenvalue weighted by molar-refractivity contribution is 0.414. The molecule has 0 bridgehead atoms. The Morgan fingerprint density at radius 3 is 2.29 bits per heavy atom. The highest BCUT2D eigenvalue weighted by molar-refractivity contribution is 7.80. The van der Waals surface area contributed by atoms with E-state index in [9.17, 15) is 0 Å². The molecule has 2 aromatic carbocycles. The molecule has 0 aliphatic carbocycles. The summed E-state index contributed by atoms with van der Waals surface area (Å²) in [5, 5.41) is 6.99. The second kappa shape index (κ2) is 6.59. The first-order valence-corrected chi connectivity index (χ1v) is 7.20. The van der Waals surface area contributed by atoms with Gasteiger partial charge >= 0.3 is 0 Å². The van der Waals surface area contributed by atoms with Gasteiger partial charge in [-0.2, -0.15) is 0 Å². The molecule has 2 N–H and O–H groups in total. The van der Waals surface area contributed by atoms with E-state index in [-0.39, 0.29) is 0 Å². The van der Waals surface area contributed by atoms with Crippen LogP contribution in [-0.4, -0.2) is 12.2 Å². The molecular weight excluding hydrogens is 280 g/mol. The molecule has 2 rings (SSSR count). The van der Waals surface area contributed by atoms with Crippen LogP contribution in [-0.2, 0) is 0 Å². The number of rotatable bonds is 3. The van der Waals surface area contributed by atoms with Gasteiger partial charge in [0.25, 0.3) is 0 Å². The molecule has 0 amide bonds. The molecule has 0 saturated carbocycles. The van der Waals surface area contributed by atoms with Crippen LogP contribution in [0.1, 0.15) is 16.7 Å². The lowest BCUT2D eigenvalue weighted by atomic mass is 10.1. The second-order valence-electron chi connectivity index (χ2n) is 5.06. The van der Waals surface area contributed by atoms with Crippen molar-refractivity contribution in [1.82, 2.24) is 0 Å². The van der Waals surface area contributed by atoms with Crippen LogP contribution in [0.5, 0.6) is 5.75 Å². The highest BCUT2D eigenvalue weighted by atomic mass is 32.1. The predicted octanol–water partition coefficient (Wildman–Crippen LogP) is 4.43. The van der Waals surface area contributed by atoms with Gasteiger partial charge in [0.05, 0.1) is 7.11 Å². The topological polar surface area (TPSA) is 33.3 Å². The van der Waals surface area contributed by atoms with E-state index in [1.807, 2.05) is 31.2 Å². The molecule has 21 heavy (non-hydrogen) atoms. The third kappa shape index (κ3) is 3.95. The molecule has 0 spiro atoms. The molecule has 3 nitrogen and oxygen atoms in total. The minimum Gasteiger partial charge on any atom is -0.497 e. The molecule has 0 heterocycles. The van der Waals surface area contributed by atoms with Crippen molar-refractivity contribution in [3.8, 4) is 5.75 Å². The first-order chi connectivity index (χ1) is 9.99. The molecule has 0 saturated heterocycles. The van der Waals surface area contributed by atoms with Crippen LogP contribution >= 0.6 is 12.2 Å². The summed E-state index contributed by atoms with van der Waals surface area (Å²) in [5.74, 6) is 0.839. The van der Waals surface area contributed by atoms with Crippen molar-refractivity contribution in [2.24, 2.45) is 0 Å². The van der Waals surface area contributed by atoms with E-state index in [1.165, 1.54) is 11.1 Å². The van der Waals surface area contributed by atoms with Crippen molar-refractivity contribution in [3.63, 3.8) is 0 Å². The fourth-order valence-corrected chi connectivity index (χ4v) is 2.24. The van der Waals surface area contributed by atoms with Crippen LogP contribution in [0.2, 0.25) is 0 Å². The lowest BCUT2D eigenvalue weighted by Gasteiger charge is -2.14. The number of ether oxygens (including phenoxy) is 1. The minimum atomic E-state index is 0.575. The molecule has 0 aromatic heterocycles. The van der Waals surface area contributed by atoms with Gasteiger partial charge in [-0.1, -0.05) is 6.07 Å². The Bertz CT molecular complexity index is 668. The maximum atomic E-state index is 5.36. The number of thiocarbonyl (C=S) groups is 1. The van der Waals surface area contributed by atoms with Crippen LogP contribution in [0.3, 0.4) is 0 Å². The monoisotopic (exact) mass is 300 g/mol. The van der Waals surface area contributed by atoms with Crippen LogP contribution < -0.4 is 15.4 Å². The molecule has 0 radical (unpaired) electrons. The maximum absolute atomic E-state index is 5.36. The zero-order valence-electron chi connectivity index (χ0n) is 12.8. The second-order valence-corrected chi connectivity index (χ2v) is 5.47. The SMILES string of the molecule is COc1ccc(NC(=S)Nc2ccc(C)c(C)c2)c(C)c1. The Morgan fingerprint density at radius 2 is 1.67 bits per heavy atom. The van der Waals surface area contributed by atoms with Crippen molar-refractivity contribution in [1.29, 1.82) is 0 Å². The molecule has 4 heteroatoms. The summed E-state index contributed by atoms with van der Waals surface area (Å²) in [6.45, 7) is 6.20. The largest absolute Gasteiger partial charge is 0.497 e. The van der Waals surface area contributed by atoms with E-state index >= 15 is 0 Å². The Morgan fingerprint density at radius 1 is 0.905 bits per heavy atom. The van der Waals surface area contributed by atoms with Crippen molar-refractivity contribution in [2.45, 2.75) is 20.8 Å². The molecule has 0 aliphatic rings. The van der Waals surface area contributed by atoms with Gasteiger partial charge in [0.15, 0.2) is 5.11 Å². The molecule has 0 aliphatic heterocycles. The van der Waals surface area contributed by atoms with Gasteiger partial charge in [0.2, 0.25) is 0 Å². The fraction of sp³-hybridized carbons (Fsp3) is 0.235. The van der Waals surface area contributed by atoms with E-state index < -0.39 is 0 Å². The summed E-state index contributed by atoms with van der Waals surface area (Å²) in [5.41, 5.74) is 5.55. The smallest absolute Gasteiger partial charge is 0.175 e. The molecule has 0 atom stereocenters. The van der Waals surface area contributed by atoms with Gasteiger partial charge in [0.1, 0.15) is 5.75 Å². The van der Waals surface area contributed by atoms with Gasteiger partial charge < -0.3 is 15.4 Å². The third-order valence-corrected chi connectivity index (χ3v) is 3.65. The Balaban J connectivity index is 2.06. The van der Waals surface area contributed by atoms with Crippen LogP contribution in [0.15, 0.2) is 36.4 Å². The number of nitrogens with one attached hydrogen (secondary N) is 2. The number of methoxy groups -OCH3 is 1. The first kappa shape index (κ1) is 15.3. The van der Waals surface area contributed by atoms with E-state index in [1.54, 1.807) is 7.11 Å². The number of hydrogen-bond acceptors (Lipinski definition) is 2. The normalized spacial score (nSPS) is 10.1. The fourth-order valence-electron chi connectivity index (χ4n) is 2.01. The summed E-state index contributed by atoms with van der Waals surface area (Å²) in [4.78, 5) is 0. The average Bonchev–Trinajstić information content (AvgIpc) is 2.45. The highest BCUT2D eigenvalue weighted by Crippen LogP contribution is 2.21. The number of anilines is 2. The van der Waals surface area contributed by atoms with Crippen LogP contribution in [0.4, 0.5) is 11.4 Å². The van der Waals surface area contributed by atoms with Gasteiger partial charge in [0, 0.05) is 11.4 Å².